The fourth-order valence-corrected chi connectivity index (χ4v) is 2.41. The third-order valence-corrected chi connectivity index (χ3v) is 3.78. The van der Waals surface area contributed by atoms with E-state index in [0.717, 1.165) is 0 Å². The molecule has 1 aromatic heterocycles. The van der Waals surface area contributed by atoms with Crippen molar-refractivity contribution < 1.29 is 23.8 Å². The first-order chi connectivity index (χ1) is 13.6. The molecule has 142 valence electrons. The zero-order valence-electron chi connectivity index (χ0n) is 14.9. The molecule has 1 heterocycles. The highest BCUT2D eigenvalue weighted by Crippen LogP contribution is 2.27. The van der Waals surface area contributed by atoms with Gasteiger partial charge >= 0.3 is 0 Å². The summed E-state index contributed by atoms with van der Waals surface area (Å²) in [5.74, 6) is -0.680. The summed E-state index contributed by atoms with van der Waals surface area (Å²) in [6.45, 7) is 0. The molecule has 3 N–H and O–H groups in total. The molecule has 0 aliphatic carbocycles. The van der Waals surface area contributed by atoms with Crippen LogP contribution in [0.3, 0.4) is 0 Å². The van der Waals surface area contributed by atoms with E-state index in [-0.39, 0.29) is 17.1 Å². The van der Waals surface area contributed by atoms with Crippen LogP contribution in [0.2, 0.25) is 0 Å². The van der Waals surface area contributed by atoms with Crippen molar-refractivity contribution in [1.29, 1.82) is 0 Å². The smallest absolute Gasteiger partial charge is 0.291 e. The number of methoxy groups -OCH3 is 1. The number of carbonyl (C=O) groups is 2. The Morgan fingerprint density at radius 3 is 2.64 bits per heavy atom. The minimum atomic E-state index is -0.533. The molecule has 0 fully saturated rings. The number of nitrogens with zero attached hydrogens (tertiary/aromatic N) is 1. The van der Waals surface area contributed by atoms with Crippen LogP contribution in [0.4, 0.5) is 5.69 Å². The minimum absolute atomic E-state index is 0.0888. The zero-order chi connectivity index (χ0) is 19.9. The number of anilines is 1. The topological polar surface area (TPSA) is 113 Å². The Bertz CT molecular complexity index is 1010. The van der Waals surface area contributed by atoms with Gasteiger partial charge in [-0.1, -0.05) is 18.2 Å². The predicted molar refractivity (Wildman–Crippen MR) is 103 cm³/mol. The Kier molecular flexibility index (Phi) is 5.71. The molecule has 28 heavy (non-hydrogen) atoms. The van der Waals surface area contributed by atoms with E-state index in [4.69, 9.17) is 9.15 Å². The molecule has 0 unspecified atom stereocenters. The lowest BCUT2D eigenvalue weighted by molar-refractivity contribution is 0.0956. The molecule has 8 heteroatoms. The van der Waals surface area contributed by atoms with Gasteiger partial charge in [-0.2, -0.15) is 5.10 Å². The van der Waals surface area contributed by atoms with Crippen LogP contribution in [0.1, 0.15) is 26.5 Å². The van der Waals surface area contributed by atoms with Crippen LogP contribution in [0.15, 0.2) is 70.4 Å². The van der Waals surface area contributed by atoms with Gasteiger partial charge in [0.1, 0.15) is 0 Å². The molecule has 0 radical (unpaired) electrons. The van der Waals surface area contributed by atoms with Crippen molar-refractivity contribution in [3.05, 3.63) is 77.7 Å². The second-order valence-electron chi connectivity index (χ2n) is 5.57. The van der Waals surface area contributed by atoms with Gasteiger partial charge in [0.15, 0.2) is 17.3 Å². The van der Waals surface area contributed by atoms with Crippen LogP contribution in [-0.2, 0) is 0 Å². The Balaban J connectivity index is 1.72. The molecule has 8 nitrogen and oxygen atoms in total. The molecule has 0 saturated heterocycles. The van der Waals surface area contributed by atoms with Crippen molar-refractivity contribution in [1.82, 2.24) is 5.43 Å². The van der Waals surface area contributed by atoms with E-state index in [1.54, 1.807) is 48.5 Å². The number of para-hydroxylation sites is 2. The second kappa shape index (κ2) is 8.54. The van der Waals surface area contributed by atoms with Gasteiger partial charge in [0.25, 0.3) is 11.8 Å². The monoisotopic (exact) mass is 379 g/mol. The standard InChI is InChI=1S/C20H17N3O5/c1-27-16-9-4-6-13(18(16)24)12-21-23-19(25)14-7-2-3-8-15(14)22-20(26)17-10-5-11-28-17/h2-12,24H,1H3,(H,22,26)(H,23,25). The molecule has 0 spiro atoms. The van der Waals surface area contributed by atoms with Crippen molar-refractivity contribution in [3.63, 3.8) is 0 Å². The lowest BCUT2D eigenvalue weighted by Crippen LogP contribution is -2.21. The van der Waals surface area contributed by atoms with Crippen LogP contribution in [0, 0.1) is 0 Å². The lowest BCUT2D eigenvalue weighted by atomic mass is 10.1. The van der Waals surface area contributed by atoms with Gasteiger partial charge in [0.05, 0.1) is 30.8 Å². The number of furan rings is 1. The highest BCUT2D eigenvalue weighted by atomic mass is 16.5. The van der Waals surface area contributed by atoms with Crippen molar-refractivity contribution in [2.75, 3.05) is 12.4 Å². The molecule has 2 amide bonds. The summed E-state index contributed by atoms with van der Waals surface area (Å²) in [6, 6.07) is 14.5. The van der Waals surface area contributed by atoms with E-state index in [9.17, 15) is 14.7 Å². The van der Waals surface area contributed by atoms with Crippen LogP contribution in [0.25, 0.3) is 0 Å². The quantitative estimate of drug-likeness (QED) is 0.450. The summed E-state index contributed by atoms with van der Waals surface area (Å²) in [7, 11) is 1.44. The summed E-state index contributed by atoms with van der Waals surface area (Å²) in [6.07, 6.45) is 2.68. The van der Waals surface area contributed by atoms with Gasteiger partial charge in [0.2, 0.25) is 0 Å². The number of phenolic OH excluding ortho intramolecular Hbond substituents is 1. The Morgan fingerprint density at radius 1 is 1.07 bits per heavy atom. The van der Waals surface area contributed by atoms with Gasteiger partial charge in [-0.25, -0.2) is 5.43 Å². The maximum atomic E-state index is 12.4. The van der Waals surface area contributed by atoms with Crippen LogP contribution in [0.5, 0.6) is 11.5 Å². The average Bonchev–Trinajstić information content (AvgIpc) is 3.24. The molecule has 3 aromatic rings. The van der Waals surface area contributed by atoms with Crippen LogP contribution >= 0.6 is 0 Å². The summed E-state index contributed by atoms with van der Waals surface area (Å²) in [5.41, 5.74) is 3.26. The number of nitrogens with one attached hydrogen (secondary N) is 2. The van der Waals surface area contributed by atoms with Crippen molar-refractivity contribution >= 4 is 23.7 Å². The number of hydrogen-bond acceptors (Lipinski definition) is 6. The first-order valence-electron chi connectivity index (χ1n) is 8.23. The van der Waals surface area contributed by atoms with Crippen LogP contribution < -0.4 is 15.5 Å². The number of hydrogen-bond donors (Lipinski definition) is 3. The van der Waals surface area contributed by atoms with Gasteiger partial charge in [-0.05, 0) is 36.4 Å². The second-order valence-corrected chi connectivity index (χ2v) is 5.57. The third-order valence-electron chi connectivity index (χ3n) is 3.78. The minimum Gasteiger partial charge on any atom is -0.504 e. The van der Waals surface area contributed by atoms with Crippen molar-refractivity contribution in [3.8, 4) is 11.5 Å². The summed E-state index contributed by atoms with van der Waals surface area (Å²) in [4.78, 5) is 24.6. The predicted octanol–water partition coefficient (Wildman–Crippen LogP) is 3.01. The Morgan fingerprint density at radius 2 is 1.89 bits per heavy atom. The lowest BCUT2D eigenvalue weighted by Gasteiger charge is -2.09. The first-order valence-corrected chi connectivity index (χ1v) is 8.23. The third kappa shape index (κ3) is 4.18. The maximum absolute atomic E-state index is 12.4. The highest BCUT2D eigenvalue weighted by molar-refractivity contribution is 6.08. The van der Waals surface area contributed by atoms with Gasteiger partial charge < -0.3 is 19.6 Å². The molecule has 0 bridgehead atoms. The van der Waals surface area contributed by atoms with E-state index in [1.165, 1.54) is 25.7 Å². The summed E-state index contributed by atoms with van der Waals surface area (Å²) < 4.78 is 10.1. The van der Waals surface area contributed by atoms with E-state index in [2.05, 4.69) is 15.8 Å². The Hall–Kier alpha value is -4.07. The van der Waals surface area contributed by atoms with E-state index < -0.39 is 11.8 Å². The molecule has 2 aromatic carbocycles. The summed E-state index contributed by atoms with van der Waals surface area (Å²) >= 11 is 0. The Labute approximate surface area is 160 Å². The van der Waals surface area contributed by atoms with E-state index in [1.807, 2.05) is 0 Å². The fourth-order valence-electron chi connectivity index (χ4n) is 2.41. The normalized spacial score (nSPS) is 10.6. The first kappa shape index (κ1) is 18.7. The molecule has 0 aliphatic heterocycles. The van der Waals surface area contributed by atoms with Gasteiger partial charge in [-0.15, -0.1) is 0 Å². The molecule has 0 aliphatic rings. The summed E-state index contributed by atoms with van der Waals surface area (Å²) in [5, 5.41) is 16.5. The number of ether oxygens (including phenoxy) is 1. The number of benzene rings is 2. The van der Waals surface area contributed by atoms with Gasteiger partial charge in [-0.3, -0.25) is 9.59 Å². The van der Waals surface area contributed by atoms with E-state index in [0.29, 0.717) is 17.0 Å². The number of hydrazone groups is 1. The number of rotatable bonds is 6. The molecule has 3 rings (SSSR count). The van der Waals surface area contributed by atoms with E-state index >= 15 is 0 Å². The SMILES string of the molecule is COc1cccc(C=NNC(=O)c2ccccc2NC(=O)c2ccco2)c1O. The molecular formula is C20H17N3O5. The number of amides is 2. The zero-order valence-corrected chi connectivity index (χ0v) is 14.9. The largest absolute Gasteiger partial charge is 0.504 e. The number of aromatic hydroxyl groups is 1. The molecular weight excluding hydrogens is 362 g/mol. The highest BCUT2D eigenvalue weighted by Gasteiger charge is 2.15. The maximum Gasteiger partial charge on any atom is 0.291 e. The molecule has 0 atom stereocenters. The average molecular weight is 379 g/mol. The number of carbonyl (C=O) groups excluding carboxylic acids is 2. The fraction of sp³-hybridized carbons (Fsp3) is 0.0500. The molecule has 0 saturated carbocycles. The van der Waals surface area contributed by atoms with Crippen LogP contribution in [-0.4, -0.2) is 30.2 Å². The van der Waals surface area contributed by atoms with Crippen molar-refractivity contribution in [2.45, 2.75) is 0 Å². The van der Waals surface area contributed by atoms with Crippen molar-refractivity contribution in [2.24, 2.45) is 5.10 Å². The number of phenols is 1. The van der Waals surface area contributed by atoms with Gasteiger partial charge in [0, 0.05) is 5.56 Å².